The van der Waals surface area contributed by atoms with Crippen molar-refractivity contribution < 1.29 is 23.8 Å². The molecule has 51 heavy (non-hydrogen) atoms. The van der Waals surface area contributed by atoms with Gasteiger partial charge in [-0.05, 0) is 89.8 Å². The first-order valence-corrected chi connectivity index (χ1v) is 19.1. The number of anilines is 2. The Kier molecular flexibility index (Phi) is 9.75. The van der Waals surface area contributed by atoms with Crippen LogP contribution in [0.2, 0.25) is 0 Å². The molecule has 2 aromatic rings. The van der Waals surface area contributed by atoms with Gasteiger partial charge < -0.3 is 28.9 Å². The third-order valence-corrected chi connectivity index (χ3v) is 11.6. The fourth-order valence-electron chi connectivity index (χ4n) is 9.16. The molecule has 12 heteroatoms. The first-order chi connectivity index (χ1) is 24.3. The zero-order valence-electron chi connectivity index (χ0n) is 31.7. The van der Waals surface area contributed by atoms with E-state index in [4.69, 9.17) is 24.2 Å². The minimum absolute atomic E-state index is 0.0783. The molecule has 5 aliphatic heterocycles. The smallest absolute Gasteiger partial charge is 0.410 e. The average molecular weight is 704 g/mol. The topological polar surface area (TPSA) is 104 Å². The molecule has 2 bridgehead atoms. The molecule has 1 aromatic carbocycles. The van der Waals surface area contributed by atoms with Crippen molar-refractivity contribution in [2.24, 2.45) is 0 Å². The highest BCUT2D eigenvalue weighted by Gasteiger charge is 2.50. The van der Waals surface area contributed by atoms with Crippen LogP contribution in [0.5, 0.6) is 6.01 Å². The van der Waals surface area contributed by atoms with E-state index in [1.165, 1.54) is 21.7 Å². The number of carbonyl (C=O) groups excluding carboxylic acids is 2. The van der Waals surface area contributed by atoms with E-state index in [0.717, 1.165) is 69.5 Å². The number of ether oxygens (including phenoxy) is 3. The number of piperazine rings is 1. The third kappa shape index (κ3) is 7.17. The lowest BCUT2D eigenvalue weighted by molar-refractivity contribution is 0.0122. The van der Waals surface area contributed by atoms with E-state index in [9.17, 15) is 9.59 Å². The molecular weight excluding hydrogens is 646 g/mol. The maximum absolute atomic E-state index is 13.3. The molecule has 2 unspecified atom stereocenters. The molecule has 4 saturated heterocycles. The highest BCUT2D eigenvalue weighted by atomic mass is 16.6. The SMILES string of the molecule is CC(C)c1ccccc1N1CCc2c(nc(OCC34CCCN3C(COC(=O)N(C)C)CC4)nc2N2C[C@H]3CC[C@@H](C2)N3C(=O)OC(C)(C)C)C1. The fraction of sp³-hybridized carbons (Fsp3) is 0.692. The van der Waals surface area contributed by atoms with E-state index in [1.54, 1.807) is 14.1 Å². The molecular formula is C39H57N7O5. The number of rotatable bonds is 8. The summed E-state index contributed by atoms with van der Waals surface area (Å²) in [4.78, 5) is 46.6. The number of hydrogen-bond acceptors (Lipinski definition) is 10. The zero-order valence-corrected chi connectivity index (χ0v) is 31.7. The Balaban J connectivity index is 1.15. The van der Waals surface area contributed by atoms with E-state index in [0.29, 0.717) is 44.8 Å². The predicted octanol–water partition coefficient (Wildman–Crippen LogP) is 5.82. The summed E-state index contributed by atoms with van der Waals surface area (Å²) in [5.41, 5.74) is 4.16. The van der Waals surface area contributed by atoms with Gasteiger partial charge in [0.05, 0.1) is 29.9 Å². The molecule has 2 amide bonds. The maximum Gasteiger partial charge on any atom is 0.410 e. The molecule has 4 fully saturated rings. The molecule has 5 aliphatic rings. The Hall–Kier alpha value is -3.80. The van der Waals surface area contributed by atoms with Gasteiger partial charge in [-0.25, -0.2) is 9.59 Å². The van der Waals surface area contributed by atoms with E-state index in [1.807, 2.05) is 25.7 Å². The number of para-hydroxylation sites is 1. The maximum atomic E-state index is 13.3. The molecule has 4 atom stereocenters. The van der Waals surface area contributed by atoms with Crippen LogP contribution in [0.1, 0.15) is 95.9 Å². The van der Waals surface area contributed by atoms with Crippen LogP contribution in [0.3, 0.4) is 0 Å². The van der Waals surface area contributed by atoms with Gasteiger partial charge >= 0.3 is 18.2 Å². The minimum Gasteiger partial charge on any atom is -0.461 e. The quantitative estimate of drug-likeness (QED) is 0.334. The Morgan fingerprint density at radius 1 is 1.00 bits per heavy atom. The normalized spacial score (nSPS) is 26.0. The van der Waals surface area contributed by atoms with E-state index >= 15 is 0 Å². The molecule has 0 N–H and O–H groups in total. The number of fused-ring (bicyclic) bond motifs is 4. The van der Waals surface area contributed by atoms with Gasteiger partial charge in [0.1, 0.15) is 24.6 Å². The van der Waals surface area contributed by atoms with E-state index in [-0.39, 0.29) is 35.9 Å². The number of carbonyl (C=O) groups is 2. The molecule has 6 heterocycles. The van der Waals surface area contributed by atoms with Crippen LogP contribution in [0.25, 0.3) is 0 Å². The second-order valence-electron chi connectivity index (χ2n) is 16.8. The summed E-state index contributed by atoms with van der Waals surface area (Å²) in [6.07, 6.45) is 6.33. The summed E-state index contributed by atoms with van der Waals surface area (Å²) in [5, 5.41) is 0. The van der Waals surface area contributed by atoms with Crippen molar-refractivity contribution in [3.63, 3.8) is 0 Å². The molecule has 0 saturated carbocycles. The Bertz CT molecular complexity index is 1600. The van der Waals surface area contributed by atoms with E-state index < -0.39 is 5.60 Å². The van der Waals surface area contributed by atoms with Gasteiger partial charge in [-0.2, -0.15) is 9.97 Å². The van der Waals surface area contributed by atoms with Crippen molar-refractivity contribution in [1.82, 2.24) is 24.7 Å². The molecule has 0 radical (unpaired) electrons. The summed E-state index contributed by atoms with van der Waals surface area (Å²) < 4.78 is 18.1. The van der Waals surface area contributed by atoms with Crippen molar-refractivity contribution in [2.45, 2.75) is 121 Å². The van der Waals surface area contributed by atoms with Crippen LogP contribution in [0, 0.1) is 0 Å². The largest absolute Gasteiger partial charge is 0.461 e. The van der Waals surface area contributed by atoms with Crippen LogP contribution < -0.4 is 14.5 Å². The van der Waals surface area contributed by atoms with Crippen molar-refractivity contribution in [2.75, 3.05) is 63.3 Å². The van der Waals surface area contributed by atoms with Crippen LogP contribution in [0.4, 0.5) is 21.1 Å². The number of aromatic nitrogens is 2. The van der Waals surface area contributed by atoms with Crippen LogP contribution in [0.15, 0.2) is 24.3 Å². The molecule has 1 aromatic heterocycles. The lowest BCUT2D eigenvalue weighted by atomic mass is 9.95. The number of benzene rings is 1. The number of nitrogens with zero attached hydrogens (tertiary/aromatic N) is 7. The van der Waals surface area contributed by atoms with Gasteiger partial charge in [-0.15, -0.1) is 0 Å². The van der Waals surface area contributed by atoms with Crippen molar-refractivity contribution in [3.8, 4) is 6.01 Å². The summed E-state index contributed by atoms with van der Waals surface area (Å²) in [6.45, 7) is 15.1. The van der Waals surface area contributed by atoms with Crippen molar-refractivity contribution in [3.05, 3.63) is 41.1 Å². The van der Waals surface area contributed by atoms with Gasteiger partial charge in [0.2, 0.25) is 0 Å². The second kappa shape index (κ2) is 14.0. The Labute approximate surface area is 303 Å². The number of amides is 2. The van der Waals surface area contributed by atoms with Gasteiger partial charge in [0.15, 0.2) is 0 Å². The average Bonchev–Trinajstić information content (AvgIpc) is 3.74. The molecule has 12 nitrogen and oxygen atoms in total. The van der Waals surface area contributed by atoms with Crippen LogP contribution >= 0.6 is 0 Å². The fourth-order valence-corrected chi connectivity index (χ4v) is 9.16. The standard InChI is InChI=1S/C39H57N7O5/c1-26(2)30-11-8-9-12-33(30)43-20-16-31-32(23-43)40-35(50-25-39-17-10-19-45(39)29(15-18-39)24-49-36(47)42(6)7)41-34(31)44-21-27-13-14-28(22-44)46(27)37(48)51-38(3,4)5/h8-9,11-12,26-29H,10,13-25H2,1-7H3/t27-,28+,29?,39?. The molecule has 7 rings (SSSR count). The van der Waals surface area contributed by atoms with Gasteiger partial charge in [-0.1, -0.05) is 32.0 Å². The summed E-state index contributed by atoms with van der Waals surface area (Å²) in [5.74, 6) is 1.36. The highest BCUT2D eigenvalue weighted by molar-refractivity contribution is 5.70. The molecule has 278 valence electrons. The predicted molar refractivity (Wildman–Crippen MR) is 197 cm³/mol. The second-order valence-corrected chi connectivity index (χ2v) is 16.8. The summed E-state index contributed by atoms with van der Waals surface area (Å²) >= 11 is 0. The number of hydrogen-bond donors (Lipinski definition) is 0. The minimum atomic E-state index is -0.532. The first kappa shape index (κ1) is 35.6. The summed E-state index contributed by atoms with van der Waals surface area (Å²) in [7, 11) is 3.43. The van der Waals surface area contributed by atoms with Crippen LogP contribution in [-0.2, 0) is 22.4 Å². The van der Waals surface area contributed by atoms with Gasteiger partial charge in [-0.3, -0.25) is 9.80 Å². The van der Waals surface area contributed by atoms with Crippen molar-refractivity contribution >= 4 is 23.7 Å². The Morgan fingerprint density at radius 3 is 2.45 bits per heavy atom. The van der Waals surface area contributed by atoms with Gasteiger partial charge in [0.25, 0.3) is 0 Å². The highest BCUT2D eigenvalue weighted by Crippen LogP contribution is 2.43. The van der Waals surface area contributed by atoms with Crippen molar-refractivity contribution in [1.29, 1.82) is 0 Å². The first-order valence-electron chi connectivity index (χ1n) is 19.1. The van der Waals surface area contributed by atoms with E-state index in [2.05, 4.69) is 52.8 Å². The lowest BCUT2D eigenvalue weighted by Crippen LogP contribution is -2.57. The van der Waals surface area contributed by atoms with Crippen LogP contribution in [-0.4, -0.2) is 120 Å². The molecule has 0 spiro atoms. The third-order valence-electron chi connectivity index (χ3n) is 11.6. The monoisotopic (exact) mass is 703 g/mol. The van der Waals surface area contributed by atoms with Gasteiger partial charge in [0, 0.05) is 51.0 Å². The summed E-state index contributed by atoms with van der Waals surface area (Å²) in [6, 6.07) is 9.48. The lowest BCUT2D eigenvalue weighted by Gasteiger charge is -2.43. The Morgan fingerprint density at radius 2 is 1.75 bits per heavy atom. The molecule has 0 aliphatic carbocycles. The zero-order chi connectivity index (χ0) is 36.1.